The molecule has 4 N–H and O–H groups in total. The minimum absolute atomic E-state index is 0.113. The number of carbonyl (C=O) groups is 1. The molecular formula is C7H11NO3. The first-order valence-corrected chi connectivity index (χ1v) is 3.17. The molecule has 0 aromatic rings. The van der Waals surface area contributed by atoms with Crippen molar-refractivity contribution in [3.63, 3.8) is 0 Å². The predicted molar refractivity (Wildman–Crippen MR) is 39.6 cm³/mol. The number of aliphatic hydroxyl groups is 1. The van der Waals surface area contributed by atoms with Gasteiger partial charge in [0.2, 0.25) is 0 Å². The molecule has 0 fully saturated rings. The van der Waals surface area contributed by atoms with Crippen LogP contribution in [0.1, 0.15) is 6.42 Å². The molecule has 0 radical (unpaired) electrons. The van der Waals surface area contributed by atoms with Gasteiger partial charge in [0.25, 0.3) is 0 Å². The van der Waals surface area contributed by atoms with E-state index < -0.39 is 17.9 Å². The molecule has 0 aromatic heterocycles. The molecule has 0 spiro atoms. The molecular weight excluding hydrogens is 146 g/mol. The highest BCUT2D eigenvalue weighted by Gasteiger charge is 2.15. The Labute approximate surface area is 65.0 Å². The maximum absolute atomic E-state index is 10.2. The van der Waals surface area contributed by atoms with Crippen molar-refractivity contribution < 1.29 is 15.0 Å². The third-order valence-electron chi connectivity index (χ3n) is 1.31. The number of aliphatic carboxylic acids is 1. The van der Waals surface area contributed by atoms with E-state index in [1.165, 1.54) is 0 Å². The Bertz CT molecular complexity index is 173. The fourth-order valence-electron chi connectivity index (χ4n) is 0.603. The molecule has 0 aliphatic heterocycles. The Morgan fingerprint density at radius 2 is 2.27 bits per heavy atom. The number of terminal acetylenes is 1. The van der Waals surface area contributed by atoms with Gasteiger partial charge in [-0.25, -0.2) is 0 Å². The molecule has 2 atom stereocenters. The molecule has 0 amide bonds. The van der Waals surface area contributed by atoms with Gasteiger partial charge in [-0.1, -0.05) is 0 Å². The summed E-state index contributed by atoms with van der Waals surface area (Å²) in [7, 11) is 0. The molecule has 0 rings (SSSR count). The smallest absolute Gasteiger partial charge is 0.320 e. The van der Waals surface area contributed by atoms with Crippen LogP contribution >= 0.6 is 0 Å². The summed E-state index contributed by atoms with van der Waals surface area (Å²) in [6, 6.07) is -0.983. The Morgan fingerprint density at radius 3 is 2.55 bits per heavy atom. The summed E-state index contributed by atoms with van der Waals surface area (Å²) >= 11 is 0. The predicted octanol–water partition coefficient (Wildman–Crippen LogP) is -0.970. The molecule has 0 aliphatic rings. The molecule has 0 aliphatic carbocycles. The van der Waals surface area contributed by atoms with Crippen molar-refractivity contribution >= 4 is 5.97 Å². The van der Waals surface area contributed by atoms with E-state index >= 15 is 0 Å². The molecule has 62 valence electrons. The lowest BCUT2D eigenvalue weighted by molar-refractivity contribution is -0.138. The first-order chi connectivity index (χ1) is 5.11. The van der Waals surface area contributed by atoms with Crippen molar-refractivity contribution in [3.8, 4) is 12.3 Å². The van der Waals surface area contributed by atoms with Crippen molar-refractivity contribution in [2.75, 3.05) is 6.61 Å². The summed E-state index contributed by atoms with van der Waals surface area (Å²) in [4.78, 5) is 10.2. The summed E-state index contributed by atoms with van der Waals surface area (Å²) in [5, 5.41) is 16.9. The minimum Gasteiger partial charge on any atom is -0.480 e. The first-order valence-electron chi connectivity index (χ1n) is 3.17. The average molecular weight is 157 g/mol. The van der Waals surface area contributed by atoms with Gasteiger partial charge in [-0.15, -0.1) is 12.3 Å². The van der Waals surface area contributed by atoms with E-state index in [1.807, 2.05) is 0 Å². The second-order valence-corrected chi connectivity index (χ2v) is 2.23. The van der Waals surface area contributed by atoms with E-state index in [0.717, 1.165) is 0 Å². The maximum Gasteiger partial charge on any atom is 0.320 e. The van der Waals surface area contributed by atoms with Crippen LogP contribution in [0.5, 0.6) is 0 Å². The Kier molecular flexibility index (Phi) is 4.27. The summed E-state index contributed by atoms with van der Waals surface area (Å²) in [5.41, 5.74) is 5.16. The van der Waals surface area contributed by atoms with Crippen molar-refractivity contribution in [3.05, 3.63) is 0 Å². The molecule has 4 heteroatoms. The second kappa shape index (κ2) is 4.72. The Hall–Kier alpha value is -1.05. The summed E-state index contributed by atoms with van der Waals surface area (Å²) < 4.78 is 0. The monoisotopic (exact) mass is 157 g/mol. The van der Waals surface area contributed by atoms with Gasteiger partial charge >= 0.3 is 5.97 Å². The second-order valence-electron chi connectivity index (χ2n) is 2.23. The number of carboxylic acids is 1. The van der Waals surface area contributed by atoms with Gasteiger partial charge in [0.1, 0.15) is 6.04 Å². The third-order valence-corrected chi connectivity index (χ3v) is 1.31. The Balaban J connectivity index is 3.83. The van der Waals surface area contributed by atoms with Gasteiger partial charge in [0.15, 0.2) is 0 Å². The molecule has 11 heavy (non-hydrogen) atoms. The lowest BCUT2D eigenvalue weighted by Crippen LogP contribution is -2.32. The maximum atomic E-state index is 10.2. The van der Waals surface area contributed by atoms with Gasteiger partial charge < -0.3 is 15.9 Å². The first kappa shape index (κ1) is 9.95. The van der Waals surface area contributed by atoms with Crippen molar-refractivity contribution in [2.24, 2.45) is 11.7 Å². The molecule has 0 aromatic carbocycles. The number of rotatable bonds is 4. The van der Waals surface area contributed by atoms with Gasteiger partial charge in [-0.2, -0.15) is 0 Å². The third kappa shape index (κ3) is 3.61. The van der Waals surface area contributed by atoms with E-state index in [0.29, 0.717) is 0 Å². The zero-order valence-corrected chi connectivity index (χ0v) is 6.03. The largest absolute Gasteiger partial charge is 0.480 e. The van der Waals surface area contributed by atoms with Crippen molar-refractivity contribution in [1.82, 2.24) is 0 Å². The van der Waals surface area contributed by atoms with E-state index in [9.17, 15) is 4.79 Å². The van der Waals surface area contributed by atoms with Gasteiger partial charge in [0, 0.05) is 5.92 Å². The lowest BCUT2D eigenvalue weighted by atomic mass is 10.0. The highest BCUT2D eigenvalue weighted by molar-refractivity contribution is 5.73. The van der Waals surface area contributed by atoms with Gasteiger partial charge in [0.05, 0.1) is 6.61 Å². The van der Waals surface area contributed by atoms with Crippen LogP contribution < -0.4 is 5.73 Å². The summed E-state index contributed by atoms with van der Waals surface area (Å²) in [6.45, 7) is -0.225. The van der Waals surface area contributed by atoms with E-state index in [2.05, 4.69) is 5.92 Å². The van der Waals surface area contributed by atoms with Crippen LogP contribution in [0.25, 0.3) is 0 Å². The number of hydrogen-bond donors (Lipinski definition) is 3. The van der Waals surface area contributed by atoms with Crippen LogP contribution in [-0.4, -0.2) is 28.8 Å². The minimum atomic E-state index is -1.10. The van der Waals surface area contributed by atoms with Crippen LogP contribution in [0.15, 0.2) is 0 Å². The van der Waals surface area contributed by atoms with Crippen molar-refractivity contribution in [2.45, 2.75) is 12.5 Å². The number of hydrogen-bond acceptors (Lipinski definition) is 3. The Morgan fingerprint density at radius 1 is 1.73 bits per heavy atom. The number of nitrogens with two attached hydrogens (primary N) is 1. The fraction of sp³-hybridized carbons (Fsp3) is 0.571. The number of aliphatic hydroxyl groups excluding tert-OH is 1. The SMILES string of the molecule is C#CC(CO)CC(N)C(=O)O. The van der Waals surface area contributed by atoms with Crippen molar-refractivity contribution in [1.29, 1.82) is 0 Å². The highest BCUT2D eigenvalue weighted by Crippen LogP contribution is 2.02. The van der Waals surface area contributed by atoms with Crippen LogP contribution in [0.3, 0.4) is 0 Å². The highest BCUT2D eigenvalue weighted by atomic mass is 16.4. The lowest BCUT2D eigenvalue weighted by Gasteiger charge is -2.09. The van der Waals surface area contributed by atoms with Gasteiger partial charge in [-0.05, 0) is 6.42 Å². The molecule has 0 saturated carbocycles. The summed E-state index contributed by atoms with van der Waals surface area (Å²) in [6.07, 6.45) is 5.09. The van der Waals surface area contributed by atoms with E-state index in [4.69, 9.17) is 22.4 Å². The van der Waals surface area contributed by atoms with Crippen LogP contribution in [0, 0.1) is 18.3 Å². The zero-order chi connectivity index (χ0) is 8.85. The standard InChI is InChI=1S/C7H11NO3/c1-2-5(4-9)3-6(8)7(10)11/h1,5-6,9H,3-4,8H2,(H,10,11). The van der Waals surface area contributed by atoms with E-state index in [1.54, 1.807) is 0 Å². The van der Waals surface area contributed by atoms with E-state index in [-0.39, 0.29) is 13.0 Å². The van der Waals surface area contributed by atoms with Crippen LogP contribution in [0.4, 0.5) is 0 Å². The normalized spacial score (nSPS) is 15.0. The molecule has 0 saturated heterocycles. The van der Waals surface area contributed by atoms with Crippen LogP contribution in [0.2, 0.25) is 0 Å². The average Bonchev–Trinajstić information content (AvgIpc) is 1.99. The van der Waals surface area contributed by atoms with Gasteiger partial charge in [-0.3, -0.25) is 4.79 Å². The summed E-state index contributed by atoms with van der Waals surface area (Å²) in [5.74, 6) is 0.688. The number of carboxylic acid groups (broad SMARTS) is 1. The fourth-order valence-corrected chi connectivity index (χ4v) is 0.603. The topological polar surface area (TPSA) is 83.5 Å². The zero-order valence-electron chi connectivity index (χ0n) is 6.03. The molecule has 0 heterocycles. The quantitative estimate of drug-likeness (QED) is 0.458. The molecule has 0 bridgehead atoms. The molecule has 2 unspecified atom stereocenters. The van der Waals surface area contributed by atoms with Crippen LogP contribution in [-0.2, 0) is 4.79 Å². The molecule has 4 nitrogen and oxygen atoms in total.